The third kappa shape index (κ3) is 3.37. The van der Waals surface area contributed by atoms with Gasteiger partial charge < -0.3 is 15.9 Å². The van der Waals surface area contributed by atoms with Crippen LogP contribution < -0.4 is 4.90 Å². The zero-order valence-corrected chi connectivity index (χ0v) is 13.6. The van der Waals surface area contributed by atoms with Crippen molar-refractivity contribution in [3.63, 3.8) is 0 Å². The number of fused-ring (bicyclic) bond motifs is 1. The van der Waals surface area contributed by atoms with Gasteiger partial charge in [0.25, 0.3) is 0 Å². The largest absolute Gasteiger partial charge is 0.412 e. The molecule has 1 aliphatic heterocycles. The zero-order valence-electron chi connectivity index (χ0n) is 13.6. The Balaban J connectivity index is 0.00000104. The van der Waals surface area contributed by atoms with Crippen LogP contribution in [0.5, 0.6) is 0 Å². The lowest BCUT2D eigenvalue weighted by Crippen LogP contribution is -2.29. The van der Waals surface area contributed by atoms with Crippen LogP contribution in [0.2, 0.25) is 0 Å². The first-order valence-electron chi connectivity index (χ1n) is 7.98. The van der Waals surface area contributed by atoms with E-state index in [1.165, 1.54) is 30.3 Å². The molecule has 126 valence electrons. The van der Waals surface area contributed by atoms with Crippen molar-refractivity contribution in [3.05, 3.63) is 54.7 Å². The van der Waals surface area contributed by atoms with Crippen molar-refractivity contribution in [3.8, 4) is 11.4 Å². The summed E-state index contributed by atoms with van der Waals surface area (Å²) in [6.45, 7) is 2.27. The number of anilines is 1. The first-order chi connectivity index (χ1) is 10.9. The van der Waals surface area contributed by atoms with Crippen LogP contribution in [0.3, 0.4) is 0 Å². The second kappa shape index (κ2) is 7.86. The molecule has 4 rings (SSSR count). The molecule has 0 bridgehead atoms. The average Bonchev–Trinajstić information content (AvgIpc) is 2.62. The van der Waals surface area contributed by atoms with Crippen LogP contribution in [-0.2, 0) is 0 Å². The Bertz CT molecular complexity index is 787. The lowest BCUT2D eigenvalue weighted by atomic mass is 10.1. The fourth-order valence-electron chi connectivity index (χ4n) is 3.20. The second-order valence-corrected chi connectivity index (χ2v) is 5.81. The van der Waals surface area contributed by atoms with E-state index in [2.05, 4.69) is 40.2 Å². The lowest BCUT2D eigenvalue weighted by Gasteiger charge is -2.30. The molecule has 5 heteroatoms. The van der Waals surface area contributed by atoms with Gasteiger partial charge in [-0.3, -0.25) is 4.98 Å². The Morgan fingerprint density at radius 3 is 2.29 bits per heavy atom. The standard InChI is InChI=1S/C19H19N3.2H2O/c1-6-12-22(13-7-1)19-14-18(17-10-4-5-11-20-17)21-16-9-3-2-8-15(16)19;;/h2-5,8-11,14H,1,6-7,12-13H2;2*1H2. The summed E-state index contributed by atoms with van der Waals surface area (Å²) in [5, 5.41) is 1.24. The molecule has 24 heavy (non-hydrogen) atoms. The topological polar surface area (TPSA) is 92.0 Å². The molecule has 0 unspecified atom stereocenters. The van der Waals surface area contributed by atoms with E-state index in [1.807, 2.05) is 24.4 Å². The minimum Gasteiger partial charge on any atom is -0.412 e. The fourth-order valence-corrected chi connectivity index (χ4v) is 3.20. The summed E-state index contributed by atoms with van der Waals surface area (Å²) in [6, 6.07) is 16.6. The molecule has 3 aromatic rings. The van der Waals surface area contributed by atoms with Gasteiger partial charge in [0, 0.05) is 30.4 Å². The molecule has 4 N–H and O–H groups in total. The summed E-state index contributed by atoms with van der Waals surface area (Å²) >= 11 is 0. The highest BCUT2D eigenvalue weighted by Crippen LogP contribution is 2.31. The molecule has 0 amide bonds. The van der Waals surface area contributed by atoms with Gasteiger partial charge in [-0.25, -0.2) is 4.98 Å². The number of nitrogens with zero attached hydrogens (tertiary/aromatic N) is 3. The van der Waals surface area contributed by atoms with Gasteiger partial charge >= 0.3 is 0 Å². The van der Waals surface area contributed by atoms with E-state index in [1.54, 1.807) is 0 Å². The van der Waals surface area contributed by atoms with E-state index < -0.39 is 0 Å². The van der Waals surface area contributed by atoms with E-state index in [-0.39, 0.29) is 11.0 Å². The highest BCUT2D eigenvalue weighted by atomic mass is 16.0. The molecular formula is C19H23N3O2. The number of rotatable bonds is 2. The molecule has 0 radical (unpaired) electrons. The maximum absolute atomic E-state index is 4.81. The minimum absolute atomic E-state index is 0. The Hall–Kier alpha value is -2.50. The maximum atomic E-state index is 4.81. The highest BCUT2D eigenvalue weighted by molar-refractivity contribution is 5.94. The quantitative estimate of drug-likeness (QED) is 0.725. The van der Waals surface area contributed by atoms with Gasteiger partial charge in [-0.05, 0) is 43.5 Å². The molecule has 1 aromatic carbocycles. The number of aromatic nitrogens is 2. The van der Waals surface area contributed by atoms with Crippen molar-refractivity contribution >= 4 is 16.6 Å². The Kier molecular flexibility index (Phi) is 5.84. The van der Waals surface area contributed by atoms with E-state index in [9.17, 15) is 0 Å². The summed E-state index contributed by atoms with van der Waals surface area (Å²) in [5.41, 5.74) is 4.24. The third-order valence-electron chi connectivity index (χ3n) is 4.32. The highest BCUT2D eigenvalue weighted by Gasteiger charge is 2.16. The zero-order chi connectivity index (χ0) is 14.8. The molecule has 0 atom stereocenters. The van der Waals surface area contributed by atoms with Gasteiger partial charge in [0.15, 0.2) is 0 Å². The number of benzene rings is 1. The van der Waals surface area contributed by atoms with Crippen LogP contribution >= 0.6 is 0 Å². The first kappa shape index (κ1) is 17.8. The van der Waals surface area contributed by atoms with Crippen LogP contribution in [0, 0.1) is 0 Å². The number of hydrogen-bond acceptors (Lipinski definition) is 3. The summed E-state index contributed by atoms with van der Waals surface area (Å²) in [6.07, 6.45) is 5.71. The Morgan fingerprint density at radius 2 is 1.54 bits per heavy atom. The van der Waals surface area contributed by atoms with Crippen LogP contribution in [0.4, 0.5) is 5.69 Å². The van der Waals surface area contributed by atoms with Gasteiger partial charge in [0.2, 0.25) is 0 Å². The molecule has 2 aromatic heterocycles. The summed E-state index contributed by atoms with van der Waals surface area (Å²) < 4.78 is 0. The Morgan fingerprint density at radius 1 is 0.792 bits per heavy atom. The van der Waals surface area contributed by atoms with Crippen molar-refractivity contribution in [1.29, 1.82) is 0 Å². The smallest absolute Gasteiger partial charge is 0.0914 e. The van der Waals surface area contributed by atoms with Gasteiger partial charge in [-0.1, -0.05) is 24.3 Å². The number of para-hydroxylation sites is 1. The predicted molar refractivity (Wildman–Crippen MR) is 98.3 cm³/mol. The molecule has 1 aliphatic rings. The van der Waals surface area contributed by atoms with Gasteiger partial charge in [0.05, 0.1) is 16.9 Å². The minimum atomic E-state index is 0. The molecule has 1 saturated heterocycles. The van der Waals surface area contributed by atoms with E-state index in [4.69, 9.17) is 4.98 Å². The van der Waals surface area contributed by atoms with Crippen LogP contribution in [0.25, 0.3) is 22.3 Å². The third-order valence-corrected chi connectivity index (χ3v) is 4.32. The molecule has 5 nitrogen and oxygen atoms in total. The normalized spacial score (nSPS) is 13.9. The van der Waals surface area contributed by atoms with Crippen LogP contribution in [-0.4, -0.2) is 34.0 Å². The monoisotopic (exact) mass is 325 g/mol. The van der Waals surface area contributed by atoms with Crippen molar-refractivity contribution in [2.75, 3.05) is 18.0 Å². The van der Waals surface area contributed by atoms with Crippen molar-refractivity contribution in [2.45, 2.75) is 19.3 Å². The van der Waals surface area contributed by atoms with Gasteiger partial charge in [0.1, 0.15) is 0 Å². The van der Waals surface area contributed by atoms with Gasteiger partial charge in [-0.15, -0.1) is 0 Å². The molecule has 0 aliphatic carbocycles. The fraction of sp³-hybridized carbons (Fsp3) is 0.263. The van der Waals surface area contributed by atoms with Crippen molar-refractivity contribution < 1.29 is 11.0 Å². The average molecular weight is 325 g/mol. The molecule has 1 fully saturated rings. The van der Waals surface area contributed by atoms with Crippen LogP contribution in [0.1, 0.15) is 19.3 Å². The van der Waals surface area contributed by atoms with E-state index >= 15 is 0 Å². The van der Waals surface area contributed by atoms with Crippen molar-refractivity contribution in [1.82, 2.24) is 9.97 Å². The molecule has 3 heterocycles. The van der Waals surface area contributed by atoms with E-state index in [0.29, 0.717) is 0 Å². The molecule has 0 spiro atoms. The van der Waals surface area contributed by atoms with Crippen LogP contribution in [0.15, 0.2) is 54.7 Å². The maximum Gasteiger partial charge on any atom is 0.0914 e. The number of pyridine rings is 2. The van der Waals surface area contributed by atoms with Gasteiger partial charge in [-0.2, -0.15) is 0 Å². The second-order valence-electron chi connectivity index (χ2n) is 5.81. The van der Waals surface area contributed by atoms with Crippen molar-refractivity contribution in [2.24, 2.45) is 0 Å². The number of piperidine rings is 1. The summed E-state index contributed by atoms with van der Waals surface area (Å²) in [5.74, 6) is 0. The number of hydrogen-bond donors (Lipinski definition) is 0. The molecular weight excluding hydrogens is 302 g/mol. The van der Waals surface area contributed by atoms with E-state index in [0.717, 1.165) is 30.0 Å². The summed E-state index contributed by atoms with van der Waals surface area (Å²) in [7, 11) is 0. The Labute approximate surface area is 141 Å². The molecule has 0 saturated carbocycles. The first-order valence-corrected chi connectivity index (χ1v) is 7.98. The SMILES string of the molecule is O.O.c1ccc(-c2cc(N3CCCCC3)c3ccccc3n2)nc1. The summed E-state index contributed by atoms with van der Waals surface area (Å²) in [4.78, 5) is 11.8. The predicted octanol–water partition coefficient (Wildman–Crippen LogP) is 2.64. The lowest BCUT2D eigenvalue weighted by molar-refractivity contribution is 0.579.